The molecule has 4 N–H and O–H groups in total. The van der Waals surface area contributed by atoms with Crippen molar-refractivity contribution in [3.63, 3.8) is 0 Å². The lowest BCUT2D eigenvalue weighted by molar-refractivity contribution is 0.357. The van der Waals surface area contributed by atoms with Crippen molar-refractivity contribution in [2.24, 2.45) is 15.8 Å². The molecule has 1 aliphatic rings. The average Bonchev–Trinajstić information content (AvgIpc) is 3.28. The van der Waals surface area contributed by atoms with Gasteiger partial charge in [0.25, 0.3) is 0 Å². The van der Waals surface area contributed by atoms with Crippen molar-refractivity contribution in [3.05, 3.63) is 77.5 Å². The standard InChI is InChI=1S/C23H24N6O2/c1-30-19-5-2-4-18(13-19)27-15-28-29-22(24)20-6-3-10-25-23(20)26-14-16-7-8-21-17(12-16)9-11-31-21/h2-8,10,12-13,15H,9,11,14H2,1H3,(H2,24,29)(H,25,26)(H,27,28). The van der Waals surface area contributed by atoms with Gasteiger partial charge in [-0.15, -0.1) is 0 Å². The largest absolute Gasteiger partial charge is 0.497 e. The van der Waals surface area contributed by atoms with Gasteiger partial charge in [0, 0.05) is 25.2 Å². The second-order valence-corrected chi connectivity index (χ2v) is 6.88. The molecule has 8 heteroatoms. The average molecular weight is 416 g/mol. The number of hydrogen-bond donors (Lipinski definition) is 3. The number of hydrogen-bond acceptors (Lipinski definition) is 6. The molecule has 1 aliphatic heterocycles. The highest BCUT2D eigenvalue weighted by molar-refractivity contribution is 6.01. The van der Waals surface area contributed by atoms with Crippen LogP contribution in [0.5, 0.6) is 11.5 Å². The van der Waals surface area contributed by atoms with Crippen LogP contribution in [-0.2, 0) is 13.0 Å². The Kier molecular flexibility index (Phi) is 6.27. The Hall–Kier alpha value is -4.07. The van der Waals surface area contributed by atoms with E-state index in [-0.39, 0.29) is 0 Å². The number of hydrazone groups is 1. The minimum Gasteiger partial charge on any atom is -0.497 e. The van der Waals surface area contributed by atoms with E-state index in [1.807, 2.05) is 48.5 Å². The van der Waals surface area contributed by atoms with Gasteiger partial charge in [0.1, 0.15) is 23.7 Å². The van der Waals surface area contributed by atoms with Gasteiger partial charge < -0.3 is 20.5 Å². The van der Waals surface area contributed by atoms with Crippen LogP contribution in [0.3, 0.4) is 0 Å². The van der Waals surface area contributed by atoms with E-state index in [2.05, 4.69) is 31.9 Å². The molecule has 0 saturated carbocycles. The van der Waals surface area contributed by atoms with E-state index in [0.29, 0.717) is 23.8 Å². The SMILES string of the molecule is COc1cccc(N=CN/N=C(\N)c2cccnc2NCc2ccc3c(c2)CCO3)c1. The molecule has 0 spiro atoms. The smallest absolute Gasteiger partial charge is 0.154 e. The number of amidine groups is 1. The third-order valence-electron chi connectivity index (χ3n) is 4.81. The van der Waals surface area contributed by atoms with Crippen molar-refractivity contribution in [1.29, 1.82) is 0 Å². The second-order valence-electron chi connectivity index (χ2n) is 6.88. The van der Waals surface area contributed by atoms with E-state index in [0.717, 1.165) is 35.8 Å². The van der Waals surface area contributed by atoms with E-state index in [1.54, 1.807) is 13.3 Å². The van der Waals surface area contributed by atoms with Crippen LogP contribution >= 0.6 is 0 Å². The predicted molar refractivity (Wildman–Crippen MR) is 122 cm³/mol. The molecule has 0 unspecified atom stereocenters. The van der Waals surface area contributed by atoms with Crippen molar-refractivity contribution in [2.45, 2.75) is 13.0 Å². The van der Waals surface area contributed by atoms with Crippen molar-refractivity contribution in [1.82, 2.24) is 10.4 Å². The lowest BCUT2D eigenvalue weighted by Crippen LogP contribution is -2.20. The van der Waals surface area contributed by atoms with Crippen LogP contribution in [0.4, 0.5) is 11.5 Å². The van der Waals surface area contributed by atoms with E-state index in [1.165, 1.54) is 11.9 Å². The second kappa shape index (κ2) is 9.62. The summed E-state index contributed by atoms with van der Waals surface area (Å²) in [4.78, 5) is 8.70. The number of aliphatic imine (C=N–C) groups is 1. The molecular formula is C23H24N6O2. The number of benzene rings is 2. The monoisotopic (exact) mass is 416 g/mol. The maximum atomic E-state index is 6.17. The number of nitrogens with two attached hydrogens (primary N) is 1. The van der Waals surface area contributed by atoms with E-state index < -0.39 is 0 Å². The highest BCUT2D eigenvalue weighted by Gasteiger charge is 2.12. The van der Waals surface area contributed by atoms with Gasteiger partial charge in [-0.05, 0) is 41.5 Å². The fourth-order valence-corrected chi connectivity index (χ4v) is 3.24. The van der Waals surface area contributed by atoms with Crippen LogP contribution in [0.2, 0.25) is 0 Å². The zero-order chi connectivity index (χ0) is 21.5. The number of anilines is 1. The zero-order valence-corrected chi connectivity index (χ0v) is 17.2. The molecule has 158 valence electrons. The molecule has 0 bridgehead atoms. The highest BCUT2D eigenvalue weighted by atomic mass is 16.5. The molecule has 8 nitrogen and oxygen atoms in total. The van der Waals surface area contributed by atoms with Gasteiger partial charge in [-0.1, -0.05) is 18.2 Å². The lowest BCUT2D eigenvalue weighted by atomic mass is 10.1. The van der Waals surface area contributed by atoms with Crippen LogP contribution in [0.25, 0.3) is 0 Å². The molecule has 0 radical (unpaired) electrons. The number of nitrogens with one attached hydrogen (secondary N) is 2. The highest BCUT2D eigenvalue weighted by Crippen LogP contribution is 2.26. The summed E-state index contributed by atoms with van der Waals surface area (Å²) in [5.41, 5.74) is 12.8. The Balaban J connectivity index is 1.40. The van der Waals surface area contributed by atoms with Crippen LogP contribution in [-0.4, -0.2) is 30.9 Å². The van der Waals surface area contributed by atoms with Crippen LogP contribution in [0.1, 0.15) is 16.7 Å². The fourth-order valence-electron chi connectivity index (χ4n) is 3.24. The fraction of sp³-hybridized carbons (Fsp3) is 0.174. The van der Waals surface area contributed by atoms with Crippen molar-refractivity contribution < 1.29 is 9.47 Å². The Bertz CT molecular complexity index is 1110. The number of pyridine rings is 1. The molecule has 1 aromatic heterocycles. The Morgan fingerprint density at radius 1 is 1.23 bits per heavy atom. The molecule has 0 amide bonds. The van der Waals surface area contributed by atoms with Gasteiger partial charge in [0.15, 0.2) is 5.84 Å². The topological polar surface area (TPSA) is 106 Å². The first-order valence-electron chi connectivity index (χ1n) is 9.92. The first-order chi connectivity index (χ1) is 15.2. The minimum absolute atomic E-state index is 0.301. The maximum Gasteiger partial charge on any atom is 0.154 e. The lowest BCUT2D eigenvalue weighted by Gasteiger charge is -2.11. The molecule has 4 rings (SSSR count). The number of fused-ring (bicyclic) bond motifs is 1. The van der Waals surface area contributed by atoms with Gasteiger partial charge in [-0.25, -0.2) is 9.98 Å². The molecule has 3 aromatic rings. The van der Waals surface area contributed by atoms with Crippen LogP contribution in [0, 0.1) is 0 Å². The first kappa shape index (κ1) is 20.2. The third-order valence-corrected chi connectivity index (χ3v) is 4.81. The van der Waals surface area contributed by atoms with Gasteiger partial charge in [0.05, 0.1) is 25.0 Å². The third kappa shape index (κ3) is 5.11. The van der Waals surface area contributed by atoms with Crippen molar-refractivity contribution >= 4 is 23.7 Å². The summed E-state index contributed by atoms with van der Waals surface area (Å²) >= 11 is 0. The predicted octanol–water partition coefficient (Wildman–Crippen LogP) is 3.21. The minimum atomic E-state index is 0.301. The summed E-state index contributed by atoms with van der Waals surface area (Å²) < 4.78 is 10.7. The summed E-state index contributed by atoms with van der Waals surface area (Å²) in [5, 5.41) is 7.52. The maximum absolute atomic E-state index is 6.17. The molecule has 0 fully saturated rings. The summed E-state index contributed by atoms with van der Waals surface area (Å²) in [6, 6.07) is 17.3. The molecular weight excluding hydrogens is 392 g/mol. The van der Waals surface area contributed by atoms with Gasteiger partial charge in [-0.3, -0.25) is 5.43 Å². The molecule has 0 atom stereocenters. The number of nitrogens with zero attached hydrogens (tertiary/aromatic N) is 3. The summed E-state index contributed by atoms with van der Waals surface area (Å²) in [7, 11) is 1.62. The molecule has 31 heavy (non-hydrogen) atoms. The van der Waals surface area contributed by atoms with Gasteiger partial charge in [-0.2, -0.15) is 5.10 Å². The number of ether oxygens (including phenoxy) is 2. The van der Waals surface area contributed by atoms with Crippen molar-refractivity contribution in [2.75, 3.05) is 19.0 Å². The molecule has 0 saturated heterocycles. The number of methoxy groups -OCH3 is 1. The van der Waals surface area contributed by atoms with E-state index in [9.17, 15) is 0 Å². The molecule has 2 aromatic carbocycles. The van der Waals surface area contributed by atoms with E-state index >= 15 is 0 Å². The van der Waals surface area contributed by atoms with Gasteiger partial charge in [0.2, 0.25) is 0 Å². The van der Waals surface area contributed by atoms with Crippen LogP contribution < -0.4 is 25.9 Å². The quantitative estimate of drug-likeness (QED) is 0.296. The first-order valence-corrected chi connectivity index (χ1v) is 9.92. The van der Waals surface area contributed by atoms with Crippen molar-refractivity contribution in [3.8, 4) is 11.5 Å². The van der Waals surface area contributed by atoms with Crippen LogP contribution in [0.15, 0.2) is 70.9 Å². The molecule has 0 aliphatic carbocycles. The summed E-state index contributed by atoms with van der Waals surface area (Å²) in [6.07, 6.45) is 4.13. The normalized spacial score (nSPS) is 13.0. The summed E-state index contributed by atoms with van der Waals surface area (Å²) in [6.45, 7) is 1.37. The Morgan fingerprint density at radius 2 is 2.16 bits per heavy atom. The van der Waals surface area contributed by atoms with E-state index in [4.69, 9.17) is 15.2 Å². The Labute approximate surface area is 180 Å². The van der Waals surface area contributed by atoms with Gasteiger partial charge >= 0.3 is 0 Å². The summed E-state index contributed by atoms with van der Waals surface area (Å²) in [5.74, 6) is 2.67. The zero-order valence-electron chi connectivity index (χ0n) is 17.2. The number of rotatable bonds is 8. The Morgan fingerprint density at radius 3 is 3.06 bits per heavy atom. The number of aromatic nitrogens is 1. The molecule has 2 heterocycles.